The zero-order chi connectivity index (χ0) is 14.0. The van der Waals surface area contributed by atoms with Crippen LogP contribution in [0.25, 0.3) is 0 Å². The first-order valence-corrected chi connectivity index (χ1v) is 6.36. The molecule has 0 bridgehead atoms. The molecule has 1 aromatic rings. The highest BCUT2D eigenvalue weighted by atomic mass is 16.2. The average molecular weight is 261 g/mol. The fraction of sp³-hybridized carbons (Fsp3) is 0.429. The Kier molecular flexibility index (Phi) is 3.57. The SMILES string of the molecule is CC(C)(NC(=O)c1cccc2c1CCNC2)C(N)=O. The highest BCUT2D eigenvalue weighted by Crippen LogP contribution is 2.19. The Morgan fingerprint density at radius 2 is 2.11 bits per heavy atom. The van der Waals surface area contributed by atoms with Crippen LogP contribution in [0.1, 0.15) is 35.3 Å². The first kappa shape index (κ1) is 13.5. The summed E-state index contributed by atoms with van der Waals surface area (Å²) in [4.78, 5) is 23.6. The molecule has 1 aliphatic rings. The molecular weight excluding hydrogens is 242 g/mol. The van der Waals surface area contributed by atoms with Crippen LogP contribution in [0.5, 0.6) is 0 Å². The van der Waals surface area contributed by atoms with Crippen molar-refractivity contribution < 1.29 is 9.59 Å². The van der Waals surface area contributed by atoms with Crippen molar-refractivity contribution in [2.75, 3.05) is 6.54 Å². The van der Waals surface area contributed by atoms with Gasteiger partial charge in [-0.25, -0.2) is 0 Å². The van der Waals surface area contributed by atoms with E-state index in [2.05, 4.69) is 10.6 Å². The smallest absolute Gasteiger partial charge is 0.252 e. The van der Waals surface area contributed by atoms with Gasteiger partial charge in [-0.1, -0.05) is 12.1 Å². The number of primary amides is 1. The molecule has 0 aromatic heterocycles. The summed E-state index contributed by atoms with van der Waals surface area (Å²) < 4.78 is 0. The van der Waals surface area contributed by atoms with Crippen molar-refractivity contribution in [1.29, 1.82) is 0 Å². The number of carbonyl (C=O) groups is 2. The normalized spacial score (nSPS) is 14.6. The Bertz CT molecular complexity index is 523. The molecule has 5 nitrogen and oxygen atoms in total. The van der Waals surface area contributed by atoms with Gasteiger partial charge in [-0.05, 0) is 44.0 Å². The molecule has 0 saturated heterocycles. The minimum absolute atomic E-state index is 0.248. The third-order valence-electron chi connectivity index (χ3n) is 3.43. The minimum Gasteiger partial charge on any atom is -0.368 e. The summed E-state index contributed by atoms with van der Waals surface area (Å²) in [5.41, 5.74) is 7.04. The molecule has 0 atom stereocenters. The second-order valence-corrected chi connectivity index (χ2v) is 5.31. The Morgan fingerprint density at radius 1 is 1.37 bits per heavy atom. The van der Waals surface area contributed by atoms with Crippen LogP contribution in [0.15, 0.2) is 18.2 Å². The number of hydrogen-bond acceptors (Lipinski definition) is 3. The molecule has 4 N–H and O–H groups in total. The number of rotatable bonds is 3. The van der Waals surface area contributed by atoms with E-state index in [9.17, 15) is 9.59 Å². The largest absolute Gasteiger partial charge is 0.368 e. The van der Waals surface area contributed by atoms with Crippen LogP contribution < -0.4 is 16.4 Å². The van der Waals surface area contributed by atoms with E-state index in [1.54, 1.807) is 19.9 Å². The fourth-order valence-corrected chi connectivity index (χ4v) is 2.16. The van der Waals surface area contributed by atoms with Gasteiger partial charge in [-0.2, -0.15) is 0 Å². The summed E-state index contributed by atoms with van der Waals surface area (Å²) >= 11 is 0. The summed E-state index contributed by atoms with van der Waals surface area (Å²) in [6.07, 6.45) is 0.815. The predicted octanol–water partition coefficient (Wildman–Crippen LogP) is 0.326. The highest BCUT2D eigenvalue weighted by Gasteiger charge is 2.28. The standard InChI is InChI=1S/C14H19N3O2/c1-14(2,13(15)19)17-12(18)11-5-3-4-9-8-16-7-6-10(9)11/h3-5,16H,6-8H2,1-2H3,(H2,15,19)(H,17,18). The maximum Gasteiger partial charge on any atom is 0.252 e. The molecule has 0 spiro atoms. The molecule has 0 saturated carbocycles. The second kappa shape index (κ2) is 5.01. The lowest BCUT2D eigenvalue weighted by atomic mass is 9.94. The number of amides is 2. The van der Waals surface area contributed by atoms with E-state index in [1.807, 2.05) is 12.1 Å². The summed E-state index contributed by atoms with van der Waals surface area (Å²) in [6, 6.07) is 5.66. The Labute approximate surface area is 112 Å². The van der Waals surface area contributed by atoms with Gasteiger partial charge in [0.05, 0.1) is 0 Å². The lowest BCUT2D eigenvalue weighted by molar-refractivity contribution is -0.122. The number of hydrogen-bond donors (Lipinski definition) is 3. The minimum atomic E-state index is -1.05. The fourth-order valence-electron chi connectivity index (χ4n) is 2.16. The number of nitrogens with two attached hydrogens (primary N) is 1. The van der Waals surface area contributed by atoms with E-state index < -0.39 is 11.4 Å². The van der Waals surface area contributed by atoms with Crippen molar-refractivity contribution in [3.63, 3.8) is 0 Å². The van der Waals surface area contributed by atoms with Gasteiger partial charge in [-0.3, -0.25) is 9.59 Å². The molecule has 0 radical (unpaired) electrons. The molecule has 2 amide bonds. The van der Waals surface area contributed by atoms with Crippen molar-refractivity contribution in [1.82, 2.24) is 10.6 Å². The summed E-state index contributed by atoms with van der Waals surface area (Å²) in [6.45, 7) is 4.83. The molecule has 1 heterocycles. The Morgan fingerprint density at radius 3 is 2.79 bits per heavy atom. The van der Waals surface area contributed by atoms with Gasteiger partial charge in [0, 0.05) is 12.1 Å². The number of benzene rings is 1. The molecule has 2 rings (SSSR count). The van der Waals surface area contributed by atoms with Crippen LogP contribution >= 0.6 is 0 Å². The topological polar surface area (TPSA) is 84.2 Å². The van der Waals surface area contributed by atoms with Gasteiger partial charge in [0.25, 0.3) is 5.91 Å². The third-order valence-corrected chi connectivity index (χ3v) is 3.43. The number of carbonyl (C=O) groups excluding carboxylic acids is 2. The lowest BCUT2D eigenvalue weighted by Crippen LogP contribution is -2.53. The van der Waals surface area contributed by atoms with Crippen molar-refractivity contribution in [3.8, 4) is 0 Å². The molecule has 19 heavy (non-hydrogen) atoms. The molecule has 0 aliphatic carbocycles. The van der Waals surface area contributed by atoms with Crippen molar-refractivity contribution in [2.45, 2.75) is 32.4 Å². The maximum absolute atomic E-state index is 12.3. The van der Waals surface area contributed by atoms with Crippen LogP contribution in [-0.2, 0) is 17.8 Å². The molecule has 0 fully saturated rings. The first-order chi connectivity index (χ1) is 8.92. The monoisotopic (exact) mass is 261 g/mol. The summed E-state index contributed by atoms with van der Waals surface area (Å²) in [7, 11) is 0. The van der Waals surface area contributed by atoms with Crippen LogP contribution in [-0.4, -0.2) is 23.9 Å². The number of fused-ring (bicyclic) bond motifs is 1. The van der Waals surface area contributed by atoms with E-state index in [0.29, 0.717) is 5.56 Å². The molecule has 1 aliphatic heterocycles. The molecule has 0 unspecified atom stereocenters. The summed E-state index contributed by atoms with van der Waals surface area (Å²) in [5.74, 6) is -0.796. The zero-order valence-corrected chi connectivity index (χ0v) is 11.2. The van der Waals surface area contributed by atoms with Gasteiger partial charge in [0.2, 0.25) is 5.91 Å². The Balaban J connectivity index is 2.27. The zero-order valence-electron chi connectivity index (χ0n) is 11.2. The maximum atomic E-state index is 12.3. The van der Waals surface area contributed by atoms with E-state index in [0.717, 1.165) is 30.6 Å². The first-order valence-electron chi connectivity index (χ1n) is 6.36. The van der Waals surface area contributed by atoms with Crippen LogP contribution in [0.3, 0.4) is 0 Å². The van der Waals surface area contributed by atoms with E-state index in [1.165, 1.54) is 0 Å². The Hall–Kier alpha value is -1.88. The van der Waals surface area contributed by atoms with Crippen molar-refractivity contribution >= 4 is 11.8 Å². The van der Waals surface area contributed by atoms with Crippen LogP contribution in [0.2, 0.25) is 0 Å². The third kappa shape index (κ3) is 2.76. The average Bonchev–Trinajstić information content (AvgIpc) is 2.37. The molecule has 5 heteroatoms. The quantitative estimate of drug-likeness (QED) is 0.733. The molecular formula is C14H19N3O2. The van der Waals surface area contributed by atoms with Gasteiger partial charge < -0.3 is 16.4 Å². The lowest BCUT2D eigenvalue weighted by Gasteiger charge is -2.25. The van der Waals surface area contributed by atoms with Gasteiger partial charge in [-0.15, -0.1) is 0 Å². The van der Waals surface area contributed by atoms with Crippen LogP contribution in [0.4, 0.5) is 0 Å². The molecule has 1 aromatic carbocycles. The molecule has 102 valence electrons. The van der Waals surface area contributed by atoms with Crippen molar-refractivity contribution in [2.24, 2.45) is 5.73 Å². The van der Waals surface area contributed by atoms with Gasteiger partial charge >= 0.3 is 0 Å². The van der Waals surface area contributed by atoms with E-state index >= 15 is 0 Å². The van der Waals surface area contributed by atoms with E-state index in [4.69, 9.17) is 5.73 Å². The van der Waals surface area contributed by atoms with Gasteiger partial charge in [0.1, 0.15) is 5.54 Å². The summed E-state index contributed by atoms with van der Waals surface area (Å²) in [5, 5.41) is 5.96. The predicted molar refractivity (Wildman–Crippen MR) is 72.6 cm³/mol. The van der Waals surface area contributed by atoms with Crippen LogP contribution in [0, 0.1) is 0 Å². The van der Waals surface area contributed by atoms with Crippen molar-refractivity contribution in [3.05, 3.63) is 34.9 Å². The van der Waals surface area contributed by atoms with Gasteiger partial charge in [0.15, 0.2) is 0 Å². The number of nitrogens with one attached hydrogen (secondary N) is 2. The van der Waals surface area contributed by atoms with E-state index in [-0.39, 0.29) is 5.91 Å². The highest BCUT2D eigenvalue weighted by molar-refractivity contribution is 5.99. The second-order valence-electron chi connectivity index (χ2n) is 5.31.